The Balaban J connectivity index is 1.95. The van der Waals surface area contributed by atoms with E-state index in [2.05, 4.69) is 18.7 Å². The fourth-order valence-corrected chi connectivity index (χ4v) is 3.76. The van der Waals surface area contributed by atoms with Crippen LogP contribution in [0.5, 0.6) is 5.75 Å². The van der Waals surface area contributed by atoms with Crippen molar-refractivity contribution in [3.63, 3.8) is 0 Å². The Bertz CT molecular complexity index is 898. The lowest BCUT2D eigenvalue weighted by Gasteiger charge is -2.25. The zero-order valence-corrected chi connectivity index (χ0v) is 17.6. The van der Waals surface area contributed by atoms with Crippen LogP contribution in [-0.4, -0.2) is 59.9 Å². The number of hydrogen-bond acceptors (Lipinski definition) is 6. The maximum Gasteiger partial charge on any atom is 0.295 e. The number of hydrogen-bond donors (Lipinski definition) is 1. The van der Waals surface area contributed by atoms with E-state index >= 15 is 0 Å². The fraction of sp³-hybridized carbons (Fsp3) is 0.391. The summed E-state index contributed by atoms with van der Waals surface area (Å²) in [5.41, 5.74) is 0.483. The van der Waals surface area contributed by atoms with Crippen LogP contribution in [0.15, 0.2) is 52.7 Å². The lowest BCUT2D eigenvalue weighted by molar-refractivity contribution is -0.140. The Kier molecular flexibility index (Phi) is 6.95. The first-order valence-corrected chi connectivity index (χ1v) is 10.2. The molecule has 7 heteroatoms. The first kappa shape index (κ1) is 21.6. The third-order valence-electron chi connectivity index (χ3n) is 5.48. The smallest absolute Gasteiger partial charge is 0.295 e. The Hall–Kier alpha value is -3.06. The number of aliphatic hydroxyl groups excluding tert-OH is 1. The van der Waals surface area contributed by atoms with E-state index in [4.69, 9.17) is 9.15 Å². The van der Waals surface area contributed by atoms with Crippen molar-refractivity contribution >= 4 is 17.4 Å². The van der Waals surface area contributed by atoms with Crippen LogP contribution < -0.4 is 4.74 Å². The Morgan fingerprint density at radius 3 is 2.43 bits per heavy atom. The summed E-state index contributed by atoms with van der Waals surface area (Å²) in [5, 5.41) is 10.9. The van der Waals surface area contributed by atoms with Gasteiger partial charge in [-0.3, -0.25) is 9.59 Å². The predicted molar refractivity (Wildman–Crippen MR) is 113 cm³/mol. The molecule has 30 heavy (non-hydrogen) atoms. The van der Waals surface area contributed by atoms with Gasteiger partial charge in [0.1, 0.15) is 23.3 Å². The minimum absolute atomic E-state index is 0.0444. The monoisotopic (exact) mass is 412 g/mol. The van der Waals surface area contributed by atoms with Gasteiger partial charge in [-0.1, -0.05) is 13.8 Å². The summed E-state index contributed by atoms with van der Waals surface area (Å²) >= 11 is 0. The minimum Gasteiger partial charge on any atom is -0.507 e. The number of ketones is 1. The number of amides is 1. The molecule has 0 aliphatic carbocycles. The van der Waals surface area contributed by atoms with Gasteiger partial charge in [-0.05, 0) is 62.5 Å². The van der Waals surface area contributed by atoms with Crippen LogP contribution in [0.2, 0.25) is 0 Å². The van der Waals surface area contributed by atoms with E-state index in [-0.39, 0.29) is 11.3 Å². The van der Waals surface area contributed by atoms with Crippen LogP contribution in [0.3, 0.4) is 0 Å². The maximum absolute atomic E-state index is 12.9. The third kappa shape index (κ3) is 4.26. The van der Waals surface area contributed by atoms with Crippen LogP contribution in [0.4, 0.5) is 0 Å². The van der Waals surface area contributed by atoms with E-state index in [0.717, 1.165) is 19.6 Å². The molecule has 1 aliphatic heterocycles. The number of aliphatic hydroxyl groups is 1. The highest BCUT2D eigenvalue weighted by Gasteiger charge is 2.47. The first-order chi connectivity index (χ1) is 14.5. The van der Waals surface area contributed by atoms with Crippen LogP contribution in [0, 0.1) is 0 Å². The predicted octanol–water partition coefficient (Wildman–Crippen LogP) is 3.44. The summed E-state index contributed by atoms with van der Waals surface area (Å²) in [4.78, 5) is 29.5. The van der Waals surface area contributed by atoms with E-state index in [1.165, 1.54) is 11.2 Å². The molecular weight excluding hydrogens is 384 g/mol. The van der Waals surface area contributed by atoms with Crippen LogP contribution in [0.25, 0.3) is 5.76 Å². The fourth-order valence-electron chi connectivity index (χ4n) is 3.76. The molecule has 1 aromatic carbocycles. The van der Waals surface area contributed by atoms with Crippen molar-refractivity contribution in [3.8, 4) is 5.75 Å². The van der Waals surface area contributed by atoms with E-state index in [1.807, 2.05) is 0 Å². The third-order valence-corrected chi connectivity index (χ3v) is 5.48. The molecule has 1 saturated heterocycles. The summed E-state index contributed by atoms with van der Waals surface area (Å²) in [5.74, 6) is -0.458. The molecule has 1 fully saturated rings. The molecule has 0 saturated carbocycles. The van der Waals surface area contributed by atoms with Gasteiger partial charge in [0.15, 0.2) is 0 Å². The molecule has 1 aliphatic rings. The van der Waals surface area contributed by atoms with Gasteiger partial charge in [0.25, 0.3) is 11.7 Å². The lowest BCUT2D eigenvalue weighted by Crippen LogP contribution is -2.33. The maximum atomic E-state index is 12.9. The van der Waals surface area contributed by atoms with Crippen LogP contribution in [0.1, 0.15) is 37.6 Å². The first-order valence-electron chi connectivity index (χ1n) is 10.2. The minimum atomic E-state index is -0.751. The van der Waals surface area contributed by atoms with E-state index in [1.54, 1.807) is 43.5 Å². The topological polar surface area (TPSA) is 83.2 Å². The molecule has 0 radical (unpaired) electrons. The second-order valence-corrected chi connectivity index (χ2v) is 7.12. The molecule has 3 rings (SSSR count). The number of Topliss-reactive ketones (excluding diaryl/α,β-unsaturated/α-hetero) is 1. The van der Waals surface area contributed by atoms with Crippen molar-refractivity contribution in [2.75, 3.05) is 33.3 Å². The molecule has 2 heterocycles. The number of nitrogens with zero attached hydrogens (tertiary/aromatic N) is 2. The number of benzene rings is 1. The number of ether oxygens (including phenoxy) is 1. The molecule has 1 N–H and O–H groups in total. The number of carbonyl (C=O) groups excluding carboxylic acids is 2. The normalized spacial score (nSPS) is 18.4. The van der Waals surface area contributed by atoms with Gasteiger partial charge in [-0.25, -0.2) is 0 Å². The van der Waals surface area contributed by atoms with Crippen molar-refractivity contribution < 1.29 is 23.8 Å². The average molecular weight is 412 g/mol. The van der Waals surface area contributed by atoms with E-state index < -0.39 is 17.7 Å². The number of methoxy groups -OCH3 is 1. The highest BCUT2D eigenvalue weighted by atomic mass is 16.5. The SMILES string of the molecule is CCN(CC)CCCN1C(=O)C(=O)/C(=C(\O)c2ccc(OC)cc2)C1c1ccco1. The second kappa shape index (κ2) is 9.63. The van der Waals surface area contributed by atoms with E-state index in [9.17, 15) is 14.7 Å². The van der Waals surface area contributed by atoms with Crippen molar-refractivity contribution in [2.24, 2.45) is 0 Å². The molecule has 0 bridgehead atoms. The summed E-state index contributed by atoms with van der Waals surface area (Å²) in [6.45, 7) is 7.24. The molecule has 0 spiro atoms. The van der Waals surface area contributed by atoms with E-state index in [0.29, 0.717) is 30.0 Å². The van der Waals surface area contributed by atoms with Crippen molar-refractivity contribution in [1.82, 2.24) is 9.80 Å². The van der Waals surface area contributed by atoms with Gasteiger partial charge in [0, 0.05) is 12.1 Å². The summed E-state index contributed by atoms with van der Waals surface area (Å²) in [6, 6.07) is 9.36. The molecule has 2 aromatic rings. The zero-order chi connectivity index (χ0) is 21.7. The van der Waals surface area contributed by atoms with Gasteiger partial charge in [0.2, 0.25) is 0 Å². The Morgan fingerprint density at radius 1 is 1.17 bits per heavy atom. The van der Waals surface area contributed by atoms with Crippen molar-refractivity contribution in [2.45, 2.75) is 26.3 Å². The Labute approximate surface area is 176 Å². The highest BCUT2D eigenvalue weighted by Crippen LogP contribution is 2.39. The number of likely N-dealkylation sites (tertiary alicyclic amines) is 1. The van der Waals surface area contributed by atoms with Gasteiger partial charge in [-0.15, -0.1) is 0 Å². The number of furan rings is 1. The van der Waals surface area contributed by atoms with Crippen LogP contribution in [-0.2, 0) is 9.59 Å². The van der Waals surface area contributed by atoms with Gasteiger partial charge in [0.05, 0.1) is 18.9 Å². The zero-order valence-electron chi connectivity index (χ0n) is 17.6. The number of carbonyl (C=O) groups is 2. The van der Waals surface area contributed by atoms with Gasteiger partial charge < -0.3 is 24.1 Å². The molecule has 1 aromatic heterocycles. The van der Waals surface area contributed by atoms with Crippen molar-refractivity contribution in [1.29, 1.82) is 0 Å². The van der Waals surface area contributed by atoms with Crippen molar-refractivity contribution in [3.05, 3.63) is 59.6 Å². The molecular formula is C23H28N2O5. The second-order valence-electron chi connectivity index (χ2n) is 7.12. The van der Waals surface area contributed by atoms with Gasteiger partial charge in [-0.2, -0.15) is 0 Å². The molecule has 7 nitrogen and oxygen atoms in total. The highest BCUT2D eigenvalue weighted by molar-refractivity contribution is 6.46. The Morgan fingerprint density at radius 2 is 1.87 bits per heavy atom. The largest absolute Gasteiger partial charge is 0.507 e. The molecule has 1 atom stereocenters. The average Bonchev–Trinajstić information content (AvgIpc) is 3.38. The molecule has 1 amide bonds. The van der Waals surface area contributed by atoms with Gasteiger partial charge >= 0.3 is 0 Å². The van der Waals surface area contributed by atoms with Crippen LogP contribution >= 0.6 is 0 Å². The standard InChI is InChI=1S/C23H28N2O5/c1-4-24(5-2)13-7-14-25-20(18-8-6-15-30-18)19(22(27)23(25)28)21(26)16-9-11-17(29-3)12-10-16/h6,8-12,15,20,26H,4-5,7,13-14H2,1-3H3/b21-19-. The quantitative estimate of drug-likeness (QED) is 0.386. The summed E-state index contributed by atoms with van der Waals surface area (Å²) in [6.07, 6.45) is 2.22. The lowest BCUT2D eigenvalue weighted by atomic mass is 9.99. The summed E-state index contributed by atoms with van der Waals surface area (Å²) in [7, 11) is 1.55. The molecule has 1 unspecified atom stereocenters. The summed E-state index contributed by atoms with van der Waals surface area (Å²) < 4.78 is 10.7. The number of rotatable bonds is 9. The molecule has 160 valence electrons.